The Morgan fingerprint density at radius 1 is 1.36 bits per heavy atom. The van der Waals surface area contributed by atoms with Crippen LogP contribution in [0.4, 0.5) is 4.39 Å². The summed E-state index contributed by atoms with van der Waals surface area (Å²) in [5, 5.41) is 6.44. The Morgan fingerprint density at radius 2 is 2.14 bits per heavy atom. The predicted octanol–water partition coefficient (Wildman–Crippen LogP) is 3.18. The average molecular weight is 309 g/mol. The van der Waals surface area contributed by atoms with Crippen LogP contribution in [-0.4, -0.2) is 32.8 Å². The normalized spacial score (nSPS) is 13.0. The van der Waals surface area contributed by atoms with Gasteiger partial charge in [0, 0.05) is 20.2 Å². The number of unbranched alkanes of at least 4 members (excludes halogenated alkanes) is 1. The first-order valence-electron chi connectivity index (χ1n) is 7.89. The van der Waals surface area contributed by atoms with E-state index in [9.17, 15) is 4.39 Å². The maximum absolute atomic E-state index is 13.6. The molecular weight excluding hydrogens is 281 g/mol. The fourth-order valence-electron chi connectivity index (χ4n) is 1.95. The molecule has 1 rings (SSSR count). The van der Waals surface area contributed by atoms with E-state index in [1.165, 1.54) is 0 Å². The number of nitrogens with one attached hydrogen (secondary N) is 2. The lowest BCUT2D eigenvalue weighted by atomic mass is 10.1. The number of hydrogen-bond acceptors (Lipinski definition) is 2. The van der Waals surface area contributed by atoms with Gasteiger partial charge in [-0.3, -0.25) is 4.99 Å². The monoisotopic (exact) mass is 309 g/mol. The molecule has 22 heavy (non-hydrogen) atoms. The van der Waals surface area contributed by atoms with Crippen molar-refractivity contribution < 1.29 is 9.13 Å². The molecule has 0 fully saturated rings. The first-order chi connectivity index (χ1) is 10.6. The molecule has 5 heteroatoms. The molecule has 1 unspecified atom stereocenters. The van der Waals surface area contributed by atoms with Gasteiger partial charge in [0.25, 0.3) is 0 Å². The van der Waals surface area contributed by atoms with Crippen molar-refractivity contribution in [2.75, 3.05) is 26.8 Å². The number of guanidine groups is 1. The van der Waals surface area contributed by atoms with Crippen LogP contribution in [0, 0.1) is 12.7 Å². The van der Waals surface area contributed by atoms with Gasteiger partial charge in [-0.2, -0.15) is 0 Å². The third kappa shape index (κ3) is 6.43. The highest BCUT2D eigenvalue weighted by Gasteiger charge is 2.09. The van der Waals surface area contributed by atoms with Crippen LogP contribution >= 0.6 is 0 Å². The van der Waals surface area contributed by atoms with E-state index < -0.39 is 0 Å². The summed E-state index contributed by atoms with van der Waals surface area (Å²) in [4.78, 5) is 4.17. The first-order valence-corrected chi connectivity index (χ1v) is 7.89. The summed E-state index contributed by atoms with van der Waals surface area (Å²) < 4.78 is 19.1. The molecule has 2 N–H and O–H groups in total. The Morgan fingerprint density at radius 3 is 2.77 bits per heavy atom. The van der Waals surface area contributed by atoms with E-state index in [-0.39, 0.29) is 11.9 Å². The zero-order valence-electron chi connectivity index (χ0n) is 14.1. The molecule has 0 aliphatic rings. The SMILES string of the molecule is CCCCOCCNC(=NC)NC(C)c1ccc(C)c(F)c1. The molecule has 0 heterocycles. The number of ether oxygens (including phenoxy) is 1. The van der Waals surface area contributed by atoms with E-state index >= 15 is 0 Å². The van der Waals surface area contributed by atoms with Gasteiger partial charge in [0.1, 0.15) is 5.82 Å². The molecule has 0 bridgehead atoms. The molecule has 1 aromatic rings. The fraction of sp³-hybridized carbons (Fsp3) is 0.588. The third-order valence-corrected chi connectivity index (χ3v) is 3.45. The number of rotatable bonds is 8. The quantitative estimate of drug-likeness (QED) is 0.440. The Hall–Kier alpha value is -1.62. The molecule has 1 atom stereocenters. The van der Waals surface area contributed by atoms with E-state index in [2.05, 4.69) is 22.5 Å². The summed E-state index contributed by atoms with van der Waals surface area (Å²) >= 11 is 0. The minimum absolute atomic E-state index is 0.0256. The summed E-state index contributed by atoms with van der Waals surface area (Å²) in [5.74, 6) is 0.506. The summed E-state index contributed by atoms with van der Waals surface area (Å²) in [6.07, 6.45) is 2.23. The molecular formula is C17H28FN3O. The Bertz CT molecular complexity index is 477. The van der Waals surface area contributed by atoms with Gasteiger partial charge >= 0.3 is 0 Å². The van der Waals surface area contributed by atoms with Crippen LogP contribution in [0.3, 0.4) is 0 Å². The van der Waals surface area contributed by atoms with Crippen molar-refractivity contribution in [3.05, 3.63) is 35.1 Å². The second kappa shape index (κ2) is 10.2. The lowest BCUT2D eigenvalue weighted by Gasteiger charge is -2.18. The molecule has 0 radical (unpaired) electrons. The lowest BCUT2D eigenvalue weighted by molar-refractivity contribution is 0.136. The van der Waals surface area contributed by atoms with Crippen LogP contribution in [0.1, 0.15) is 43.9 Å². The van der Waals surface area contributed by atoms with Gasteiger partial charge < -0.3 is 15.4 Å². The van der Waals surface area contributed by atoms with E-state index in [4.69, 9.17) is 4.74 Å². The maximum atomic E-state index is 13.6. The summed E-state index contributed by atoms with van der Waals surface area (Å²) in [5.41, 5.74) is 1.55. The molecule has 0 aliphatic heterocycles. The van der Waals surface area contributed by atoms with Gasteiger partial charge in [-0.15, -0.1) is 0 Å². The average Bonchev–Trinajstić information content (AvgIpc) is 2.51. The zero-order valence-corrected chi connectivity index (χ0v) is 14.1. The molecule has 1 aromatic carbocycles. The molecule has 4 nitrogen and oxygen atoms in total. The second-order valence-electron chi connectivity index (χ2n) is 5.34. The van der Waals surface area contributed by atoms with Crippen LogP contribution in [0.15, 0.2) is 23.2 Å². The largest absolute Gasteiger partial charge is 0.380 e. The number of nitrogens with zero attached hydrogens (tertiary/aromatic N) is 1. The van der Waals surface area contributed by atoms with Crippen molar-refractivity contribution in [2.45, 2.75) is 39.7 Å². The standard InChI is InChI=1S/C17H28FN3O/c1-5-6-10-22-11-9-20-17(19-4)21-14(3)15-8-7-13(2)16(18)12-15/h7-8,12,14H,5-6,9-11H2,1-4H3,(H2,19,20,21). The van der Waals surface area contributed by atoms with Gasteiger partial charge in [0.2, 0.25) is 0 Å². The van der Waals surface area contributed by atoms with Crippen LogP contribution in [0.2, 0.25) is 0 Å². The highest BCUT2D eigenvalue weighted by atomic mass is 19.1. The molecule has 0 aliphatic carbocycles. The van der Waals surface area contributed by atoms with Gasteiger partial charge in [-0.25, -0.2) is 4.39 Å². The number of hydrogen-bond donors (Lipinski definition) is 2. The van der Waals surface area contributed by atoms with Crippen molar-refractivity contribution in [3.63, 3.8) is 0 Å². The molecule has 0 saturated carbocycles. The number of aliphatic imine (C=N–C) groups is 1. The summed E-state index contributed by atoms with van der Waals surface area (Å²) in [6.45, 7) is 8.02. The minimum Gasteiger partial charge on any atom is -0.380 e. The minimum atomic E-state index is -0.182. The van der Waals surface area contributed by atoms with E-state index in [1.54, 1.807) is 26.1 Å². The van der Waals surface area contributed by atoms with Crippen molar-refractivity contribution in [3.8, 4) is 0 Å². The number of aryl methyl sites for hydroxylation is 1. The number of halogens is 1. The Labute approximate surface area is 133 Å². The molecule has 0 aromatic heterocycles. The zero-order chi connectivity index (χ0) is 16.4. The van der Waals surface area contributed by atoms with Crippen LogP contribution in [0.25, 0.3) is 0 Å². The van der Waals surface area contributed by atoms with E-state index in [0.29, 0.717) is 24.7 Å². The van der Waals surface area contributed by atoms with Gasteiger partial charge in [-0.05, 0) is 37.5 Å². The maximum Gasteiger partial charge on any atom is 0.191 e. The van der Waals surface area contributed by atoms with Crippen LogP contribution in [-0.2, 0) is 4.74 Å². The molecule has 124 valence electrons. The predicted molar refractivity (Wildman–Crippen MR) is 89.8 cm³/mol. The van der Waals surface area contributed by atoms with Gasteiger partial charge in [0.05, 0.1) is 12.6 Å². The van der Waals surface area contributed by atoms with Crippen molar-refractivity contribution in [1.29, 1.82) is 0 Å². The molecule has 0 spiro atoms. The third-order valence-electron chi connectivity index (χ3n) is 3.45. The highest BCUT2D eigenvalue weighted by molar-refractivity contribution is 5.80. The number of benzene rings is 1. The molecule has 0 amide bonds. The van der Waals surface area contributed by atoms with Gasteiger partial charge in [0.15, 0.2) is 5.96 Å². The fourth-order valence-corrected chi connectivity index (χ4v) is 1.95. The van der Waals surface area contributed by atoms with Crippen LogP contribution in [0.5, 0.6) is 0 Å². The van der Waals surface area contributed by atoms with E-state index in [1.807, 2.05) is 13.0 Å². The smallest absolute Gasteiger partial charge is 0.191 e. The van der Waals surface area contributed by atoms with Crippen molar-refractivity contribution >= 4 is 5.96 Å². The summed E-state index contributed by atoms with van der Waals surface area (Å²) in [7, 11) is 1.72. The van der Waals surface area contributed by atoms with Crippen LogP contribution < -0.4 is 10.6 Å². The van der Waals surface area contributed by atoms with Crippen molar-refractivity contribution in [2.24, 2.45) is 4.99 Å². The topological polar surface area (TPSA) is 45.6 Å². The lowest BCUT2D eigenvalue weighted by Crippen LogP contribution is -2.40. The molecule has 0 saturated heterocycles. The summed E-state index contributed by atoms with van der Waals surface area (Å²) in [6, 6.07) is 5.26. The van der Waals surface area contributed by atoms with Gasteiger partial charge in [-0.1, -0.05) is 25.5 Å². The Balaban J connectivity index is 2.40. The Kier molecular flexibility index (Phi) is 8.51. The first kappa shape index (κ1) is 18.4. The van der Waals surface area contributed by atoms with E-state index in [0.717, 1.165) is 25.0 Å². The highest BCUT2D eigenvalue weighted by Crippen LogP contribution is 2.16. The van der Waals surface area contributed by atoms with Crippen molar-refractivity contribution in [1.82, 2.24) is 10.6 Å². The second-order valence-corrected chi connectivity index (χ2v) is 5.34.